The van der Waals surface area contributed by atoms with Crippen LogP contribution in [0.15, 0.2) is 11.6 Å². The van der Waals surface area contributed by atoms with Gasteiger partial charge in [-0.3, -0.25) is 14.4 Å². The number of aliphatic hydroxyl groups excluding tert-OH is 2. The SMILES string of the molecule is CCC(=O)O[C@H]1CC[C@@]2(C)C(=CC(=O)[C@H]3[C@@H]4[C@H](O)[C@@H](O)C(=O)[C@@]4(C)CC[C@@H]32)C1. The second-order valence-corrected chi connectivity index (χ2v) is 9.61. The molecule has 28 heavy (non-hydrogen) atoms. The number of carbonyl (C=O) groups is 3. The average Bonchev–Trinajstić information content (AvgIpc) is 2.83. The third-order valence-electron chi connectivity index (χ3n) is 8.27. The minimum atomic E-state index is -1.40. The first-order valence-electron chi connectivity index (χ1n) is 10.5. The Balaban J connectivity index is 1.67. The van der Waals surface area contributed by atoms with E-state index in [-0.39, 0.29) is 35.0 Å². The van der Waals surface area contributed by atoms with Crippen molar-refractivity contribution in [3.63, 3.8) is 0 Å². The number of carbonyl (C=O) groups excluding carboxylic acids is 3. The lowest BCUT2D eigenvalue weighted by Gasteiger charge is -2.56. The molecule has 3 fully saturated rings. The van der Waals surface area contributed by atoms with Gasteiger partial charge < -0.3 is 14.9 Å². The van der Waals surface area contributed by atoms with Gasteiger partial charge in [0.25, 0.3) is 0 Å². The second kappa shape index (κ2) is 6.49. The minimum Gasteiger partial charge on any atom is -0.462 e. The van der Waals surface area contributed by atoms with Gasteiger partial charge in [-0.2, -0.15) is 0 Å². The van der Waals surface area contributed by atoms with Crippen LogP contribution in [0.2, 0.25) is 0 Å². The first kappa shape index (κ1) is 19.8. The quantitative estimate of drug-likeness (QED) is 0.699. The molecule has 0 spiro atoms. The molecule has 0 aliphatic heterocycles. The van der Waals surface area contributed by atoms with E-state index in [4.69, 9.17) is 4.74 Å². The number of hydrogen-bond acceptors (Lipinski definition) is 6. The van der Waals surface area contributed by atoms with Crippen molar-refractivity contribution in [2.24, 2.45) is 28.6 Å². The van der Waals surface area contributed by atoms with Crippen LogP contribution in [0.4, 0.5) is 0 Å². The van der Waals surface area contributed by atoms with Crippen LogP contribution in [0.25, 0.3) is 0 Å². The highest BCUT2D eigenvalue weighted by Gasteiger charge is 2.66. The number of esters is 1. The van der Waals surface area contributed by atoms with Crippen LogP contribution < -0.4 is 0 Å². The molecule has 3 saturated carbocycles. The second-order valence-electron chi connectivity index (χ2n) is 9.61. The van der Waals surface area contributed by atoms with Gasteiger partial charge in [-0.05, 0) is 43.1 Å². The summed E-state index contributed by atoms with van der Waals surface area (Å²) in [7, 11) is 0. The van der Waals surface area contributed by atoms with E-state index >= 15 is 0 Å². The lowest BCUT2D eigenvalue weighted by molar-refractivity contribution is -0.152. The van der Waals surface area contributed by atoms with Crippen molar-refractivity contribution in [2.75, 3.05) is 0 Å². The maximum Gasteiger partial charge on any atom is 0.305 e. The largest absolute Gasteiger partial charge is 0.462 e. The number of ether oxygens (including phenoxy) is 1. The van der Waals surface area contributed by atoms with Crippen LogP contribution in [0, 0.1) is 28.6 Å². The Hall–Kier alpha value is -1.53. The summed E-state index contributed by atoms with van der Waals surface area (Å²) in [6, 6.07) is 0. The Kier molecular flexibility index (Phi) is 4.58. The van der Waals surface area contributed by atoms with Crippen LogP contribution in [0.1, 0.15) is 59.3 Å². The number of hydrogen-bond donors (Lipinski definition) is 2. The summed E-state index contributed by atoms with van der Waals surface area (Å²) in [5.41, 5.74) is -0.0156. The van der Waals surface area contributed by atoms with E-state index in [0.717, 1.165) is 24.8 Å². The molecule has 4 aliphatic carbocycles. The zero-order chi connectivity index (χ0) is 20.4. The third kappa shape index (κ3) is 2.57. The van der Waals surface area contributed by atoms with Gasteiger partial charge >= 0.3 is 5.97 Å². The summed E-state index contributed by atoms with van der Waals surface area (Å²) >= 11 is 0. The van der Waals surface area contributed by atoms with Crippen molar-refractivity contribution in [2.45, 2.75) is 77.6 Å². The maximum absolute atomic E-state index is 13.2. The van der Waals surface area contributed by atoms with Crippen molar-refractivity contribution >= 4 is 17.5 Å². The van der Waals surface area contributed by atoms with Gasteiger partial charge in [0.2, 0.25) is 0 Å². The highest BCUT2D eigenvalue weighted by atomic mass is 16.5. The zero-order valence-electron chi connectivity index (χ0n) is 16.8. The molecule has 8 atom stereocenters. The first-order chi connectivity index (χ1) is 13.1. The van der Waals surface area contributed by atoms with E-state index in [1.165, 1.54) is 0 Å². The molecule has 2 N–H and O–H groups in total. The lowest BCUT2D eigenvalue weighted by atomic mass is 9.47. The van der Waals surface area contributed by atoms with E-state index in [1.54, 1.807) is 19.9 Å². The molecular formula is C22H30O6. The Bertz CT molecular complexity index is 756. The average molecular weight is 390 g/mol. The van der Waals surface area contributed by atoms with Crippen molar-refractivity contribution < 1.29 is 29.3 Å². The third-order valence-corrected chi connectivity index (χ3v) is 8.27. The topological polar surface area (TPSA) is 101 Å². The summed E-state index contributed by atoms with van der Waals surface area (Å²) in [6.45, 7) is 5.74. The summed E-state index contributed by atoms with van der Waals surface area (Å²) in [4.78, 5) is 37.4. The minimum absolute atomic E-state index is 0.0358. The van der Waals surface area contributed by atoms with E-state index in [9.17, 15) is 24.6 Å². The fourth-order valence-corrected chi connectivity index (χ4v) is 6.59. The van der Waals surface area contributed by atoms with Crippen molar-refractivity contribution in [3.05, 3.63) is 11.6 Å². The van der Waals surface area contributed by atoms with Gasteiger partial charge in [-0.1, -0.05) is 26.3 Å². The zero-order valence-corrected chi connectivity index (χ0v) is 16.8. The number of fused-ring (bicyclic) bond motifs is 5. The van der Waals surface area contributed by atoms with Crippen molar-refractivity contribution in [3.8, 4) is 0 Å². The number of ketones is 2. The maximum atomic E-state index is 13.2. The summed E-state index contributed by atoms with van der Waals surface area (Å²) in [5, 5.41) is 20.8. The van der Waals surface area contributed by atoms with E-state index in [2.05, 4.69) is 6.92 Å². The van der Waals surface area contributed by atoms with Gasteiger partial charge in [0, 0.05) is 30.1 Å². The Morgan fingerprint density at radius 1 is 1.18 bits per heavy atom. The molecule has 0 aromatic rings. The molecular weight excluding hydrogens is 360 g/mol. The Morgan fingerprint density at radius 2 is 1.86 bits per heavy atom. The smallest absolute Gasteiger partial charge is 0.305 e. The Morgan fingerprint density at radius 3 is 2.54 bits per heavy atom. The van der Waals surface area contributed by atoms with Gasteiger partial charge in [-0.15, -0.1) is 0 Å². The first-order valence-corrected chi connectivity index (χ1v) is 10.5. The molecule has 154 valence electrons. The molecule has 0 aromatic heterocycles. The van der Waals surface area contributed by atoms with Gasteiger partial charge in [0.1, 0.15) is 12.2 Å². The van der Waals surface area contributed by atoms with Crippen molar-refractivity contribution in [1.82, 2.24) is 0 Å². The molecule has 0 amide bonds. The summed E-state index contributed by atoms with van der Waals surface area (Å²) in [5.74, 6) is -1.55. The van der Waals surface area contributed by atoms with E-state index in [0.29, 0.717) is 19.3 Å². The molecule has 0 aromatic carbocycles. The molecule has 0 saturated heterocycles. The molecule has 6 nitrogen and oxygen atoms in total. The highest BCUT2D eigenvalue weighted by Crippen LogP contribution is 2.63. The van der Waals surface area contributed by atoms with Crippen LogP contribution in [0.3, 0.4) is 0 Å². The summed E-state index contributed by atoms with van der Waals surface area (Å²) in [6.07, 6.45) is 2.69. The number of rotatable bonds is 2. The number of Topliss-reactive ketones (excluding diaryl/α,β-unsaturated/α-hetero) is 1. The van der Waals surface area contributed by atoms with Crippen LogP contribution in [0.5, 0.6) is 0 Å². The van der Waals surface area contributed by atoms with Gasteiger partial charge in [-0.25, -0.2) is 0 Å². The van der Waals surface area contributed by atoms with Crippen LogP contribution in [-0.2, 0) is 19.1 Å². The fourth-order valence-electron chi connectivity index (χ4n) is 6.59. The van der Waals surface area contributed by atoms with Crippen LogP contribution >= 0.6 is 0 Å². The van der Waals surface area contributed by atoms with Gasteiger partial charge in [0.15, 0.2) is 11.6 Å². The molecule has 4 aliphatic rings. The standard InChI is InChI=1S/C22H30O6/c1-4-15(24)28-12-5-7-21(2)11(9-12)10-14(23)16-13(21)6-8-22(3)17(16)18(25)19(26)20(22)27/h10,12-13,16-19,25-26H,4-9H2,1-3H3/t12-,13-,16-,17+,18-,19+,21-,22-/m0/s1. The predicted octanol–water partition coefficient (Wildman–Crippen LogP) is 1.96. The van der Waals surface area contributed by atoms with E-state index < -0.39 is 29.5 Å². The molecule has 0 bridgehead atoms. The lowest BCUT2D eigenvalue weighted by Crippen LogP contribution is -2.55. The van der Waals surface area contributed by atoms with Crippen molar-refractivity contribution in [1.29, 1.82) is 0 Å². The fraction of sp³-hybridized carbons (Fsp3) is 0.773. The monoisotopic (exact) mass is 390 g/mol. The molecule has 4 rings (SSSR count). The van der Waals surface area contributed by atoms with E-state index in [1.807, 2.05) is 0 Å². The Labute approximate surface area is 165 Å². The number of allylic oxidation sites excluding steroid dienone is 1. The van der Waals surface area contributed by atoms with Gasteiger partial charge in [0.05, 0.1) is 6.10 Å². The highest BCUT2D eigenvalue weighted by molar-refractivity contribution is 5.98. The summed E-state index contributed by atoms with van der Waals surface area (Å²) < 4.78 is 5.53. The number of aliphatic hydroxyl groups is 2. The molecule has 0 unspecified atom stereocenters. The molecule has 6 heteroatoms. The predicted molar refractivity (Wildman–Crippen MR) is 100 cm³/mol. The molecule has 0 heterocycles. The molecule has 0 radical (unpaired) electrons. The normalized spacial score (nSPS) is 47.7. The van der Waals surface area contributed by atoms with Crippen LogP contribution in [-0.4, -0.2) is 46.1 Å².